The minimum atomic E-state index is 0.146. The second kappa shape index (κ2) is 6.00. The smallest absolute Gasteiger partial charge is 0.152 e. The molecule has 1 heteroatoms. The molecule has 0 aromatic rings. The van der Waals surface area contributed by atoms with Crippen LogP contribution < -0.4 is 0 Å². The van der Waals surface area contributed by atoms with Crippen LogP contribution in [0.4, 0.5) is 0 Å². The van der Waals surface area contributed by atoms with Crippen molar-refractivity contribution in [3.63, 3.8) is 0 Å². The summed E-state index contributed by atoms with van der Waals surface area (Å²) in [6.07, 6.45) is 7.19. The van der Waals surface area contributed by atoms with E-state index in [1.807, 2.05) is 6.08 Å². The van der Waals surface area contributed by atoms with E-state index < -0.39 is 0 Å². The minimum absolute atomic E-state index is 0.146. The first-order chi connectivity index (χ1) is 6.31. The molecule has 0 bridgehead atoms. The molecule has 0 N–H and O–H groups in total. The molecular formula is C13H24O. The summed E-state index contributed by atoms with van der Waals surface area (Å²) in [5, 5.41) is 0. The summed E-state index contributed by atoms with van der Waals surface area (Å²) in [5.74, 6) is 0.831. The van der Waals surface area contributed by atoms with Gasteiger partial charge in [-0.15, -0.1) is 0 Å². The third-order valence-corrected chi connectivity index (χ3v) is 2.28. The first kappa shape index (κ1) is 13.4. The maximum absolute atomic E-state index is 10.7. The Kier molecular flexibility index (Phi) is 5.75. The molecule has 82 valence electrons. The third-order valence-electron chi connectivity index (χ3n) is 2.28. The normalized spacial score (nSPS) is 14.6. The van der Waals surface area contributed by atoms with Crippen LogP contribution in [0.5, 0.6) is 0 Å². The van der Waals surface area contributed by atoms with Gasteiger partial charge in [-0.2, -0.15) is 0 Å². The lowest BCUT2D eigenvalue weighted by Crippen LogP contribution is -2.07. The van der Waals surface area contributed by atoms with E-state index in [9.17, 15) is 4.79 Å². The molecule has 0 spiro atoms. The van der Waals surface area contributed by atoms with E-state index in [-0.39, 0.29) is 5.78 Å². The van der Waals surface area contributed by atoms with Crippen LogP contribution in [-0.4, -0.2) is 5.78 Å². The number of allylic oxidation sites excluding steroid dienone is 2. The lowest BCUT2D eigenvalue weighted by Gasteiger charge is -2.20. The van der Waals surface area contributed by atoms with Crippen LogP contribution in [-0.2, 0) is 4.79 Å². The zero-order valence-electron chi connectivity index (χ0n) is 10.3. The molecule has 0 saturated heterocycles. The van der Waals surface area contributed by atoms with Crippen molar-refractivity contribution in [1.29, 1.82) is 0 Å². The molecule has 1 unspecified atom stereocenters. The van der Waals surface area contributed by atoms with Crippen LogP contribution in [0.3, 0.4) is 0 Å². The molecule has 0 aliphatic rings. The number of hydrogen-bond donors (Lipinski definition) is 0. The van der Waals surface area contributed by atoms with E-state index in [1.165, 1.54) is 12.8 Å². The van der Waals surface area contributed by atoms with Crippen molar-refractivity contribution in [3.8, 4) is 0 Å². The number of hydrogen-bond acceptors (Lipinski definition) is 1. The Morgan fingerprint density at radius 2 is 1.93 bits per heavy atom. The summed E-state index contributed by atoms with van der Waals surface area (Å²) >= 11 is 0. The molecule has 0 radical (unpaired) electrons. The second-order valence-electron chi connectivity index (χ2n) is 5.45. The summed E-state index contributed by atoms with van der Waals surface area (Å²) in [6.45, 7) is 10.6. The predicted octanol–water partition coefficient (Wildman–Crippen LogP) is 3.98. The summed E-state index contributed by atoms with van der Waals surface area (Å²) < 4.78 is 0. The highest BCUT2D eigenvalue weighted by Gasteiger charge is 2.11. The maximum Gasteiger partial charge on any atom is 0.152 e. The molecule has 0 aromatic carbocycles. The molecule has 0 aliphatic heterocycles. The van der Waals surface area contributed by atoms with Gasteiger partial charge in [0.15, 0.2) is 5.78 Å². The zero-order chi connectivity index (χ0) is 11.2. The van der Waals surface area contributed by atoms with Gasteiger partial charge in [0.2, 0.25) is 0 Å². The standard InChI is InChI=1S/C13H24O/c1-11(7-6-8-12(2)14)9-10-13(3,4)5/h6,8,11H,7,9-10H2,1-5H3/b8-6+. The van der Waals surface area contributed by atoms with E-state index in [0.29, 0.717) is 11.3 Å². The Labute approximate surface area is 88.6 Å². The van der Waals surface area contributed by atoms with Gasteiger partial charge in [0.05, 0.1) is 0 Å². The van der Waals surface area contributed by atoms with E-state index in [2.05, 4.69) is 27.7 Å². The average molecular weight is 196 g/mol. The van der Waals surface area contributed by atoms with Gasteiger partial charge in [0.25, 0.3) is 0 Å². The van der Waals surface area contributed by atoms with E-state index in [4.69, 9.17) is 0 Å². The largest absolute Gasteiger partial charge is 0.295 e. The van der Waals surface area contributed by atoms with Gasteiger partial charge in [-0.25, -0.2) is 0 Å². The number of rotatable bonds is 5. The van der Waals surface area contributed by atoms with Crippen LogP contribution in [0.25, 0.3) is 0 Å². The fourth-order valence-electron chi connectivity index (χ4n) is 1.26. The second-order valence-corrected chi connectivity index (χ2v) is 5.45. The maximum atomic E-state index is 10.7. The van der Waals surface area contributed by atoms with Crippen molar-refractivity contribution in [2.45, 2.75) is 53.9 Å². The molecule has 1 atom stereocenters. The number of carbonyl (C=O) groups excluding carboxylic acids is 1. The zero-order valence-corrected chi connectivity index (χ0v) is 10.3. The Hall–Kier alpha value is -0.590. The minimum Gasteiger partial charge on any atom is -0.295 e. The first-order valence-electron chi connectivity index (χ1n) is 5.48. The third kappa shape index (κ3) is 9.50. The summed E-state index contributed by atoms with van der Waals surface area (Å²) in [7, 11) is 0. The predicted molar refractivity (Wildman–Crippen MR) is 62.3 cm³/mol. The van der Waals surface area contributed by atoms with Gasteiger partial charge in [0, 0.05) is 0 Å². The number of ketones is 1. The average Bonchev–Trinajstić information content (AvgIpc) is 1.99. The van der Waals surface area contributed by atoms with Gasteiger partial charge in [-0.1, -0.05) is 33.8 Å². The van der Waals surface area contributed by atoms with Crippen molar-refractivity contribution in [3.05, 3.63) is 12.2 Å². The molecule has 14 heavy (non-hydrogen) atoms. The van der Waals surface area contributed by atoms with Gasteiger partial charge in [0.1, 0.15) is 0 Å². The van der Waals surface area contributed by atoms with Crippen LogP contribution in [0.15, 0.2) is 12.2 Å². The summed E-state index contributed by atoms with van der Waals surface area (Å²) in [6, 6.07) is 0. The molecular weight excluding hydrogens is 172 g/mol. The highest BCUT2D eigenvalue weighted by Crippen LogP contribution is 2.24. The Bertz CT molecular complexity index is 196. The first-order valence-corrected chi connectivity index (χ1v) is 5.48. The molecule has 0 saturated carbocycles. The van der Waals surface area contributed by atoms with Crippen LogP contribution in [0, 0.1) is 11.3 Å². The Balaban J connectivity index is 3.66. The van der Waals surface area contributed by atoms with Gasteiger partial charge >= 0.3 is 0 Å². The van der Waals surface area contributed by atoms with Gasteiger partial charge in [-0.3, -0.25) is 4.79 Å². The van der Waals surface area contributed by atoms with Gasteiger partial charge in [-0.05, 0) is 43.6 Å². The van der Waals surface area contributed by atoms with E-state index in [0.717, 1.165) is 6.42 Å². The Morgan fingerprint density at radius 1 is 1.36 bits per heavy atom. The van der Waals surface area contributed by atoms with Crippen LogP contribution >= 0.6 is 0 Å². The molecule has 0 aliphatic carbocycles. The quantitative estimate of drug-likeness (QED) is 0.608. The van der Waals surface area contributed by atoms with Crippen molar-refractivity contribution in [2.24, 2.45) is 11.3 Å². The lowest BCUT2D eigenvalue weighted by atomic mass is 9.86. The summed E-state index contributed by atoms with van der Waals surface area (Å²) in [4.78, 5) is 10.7. The van der Waals surface area contributed by atoms with Gasteiger partial charge < -0.3 is 0 Å². The van der Waals surface area contributed by atoms with E-state index >= 15 is 0 Å². The van der Waals surface area contributed by atoms with Crippen LogP contribution in [0.1, 0.15) is 53.9 Å². The lowest BCUT2D eigenvalue weighted by molar-refractivity contribution is -0.112. The van der Waals surface area contributed by atoms with E-state index in [1.54, 1.807) is 13.0 Å². The fraction of sp³-hybridized carbons (Fsp3) is 0.769. The highest BCUT2D eigenvalue weighted by atomic mass is 16.1. The SMILES string of the molecule is CC(=O)/C=C/CC(C)CCC(C)(C)C. The van der Waals surface area contributed by atoms with Crippen LogP contribution in [0.2, 0.25) is 0 Å². The van der Waals surface area contributed by atoms with Crippen molar-refractivity contribution in [2.75, 3.05) is 0 Å². The monoisotopic (exact) mass is 196 g/mol. The molecule has 0 rings (SSSR count). The fourth-order valence-corrected chi connectivity index (χ4v) is 1.26. The highest BCUT2D eigenvalue weighted by molar-refractivity contribution is 5.87. The number of carbonyl (C=O) groups is 1. The molecule has 0 amide bonds. The molecule has 0 heterocycles. The molecule has 0 aromatic heterocycles. The molecule has 1 nitrogen and oxygen atoms in total. The molecule has 0 fully saturated rings. The Morgan fingerprint density at radius 3 is 2.36 bits per heavy atom. The van der Waals surface area contributed by atoms with Crippen molar-refractivity contribution >= 4 is 5.78 Å². The van der Waals surface area contributed by atoms with Crippen molar-refractivity contribution < 1.29 is 4.79 Å². The summed E-state index contributed by atoms with van der Waals surface area (Å²) in [5.41, 5.74) is 0.429. The van der Waals surface area contributed by atoms with Crippen molar-refractivity contribution in [1.82, 2.24) is 0 Å². The topological polar surface area (TPSA) is 17.1 Å².